The van der Waals surface area contributed by atoms with Crippen molar-refractivity contribution < 1.29 is 9.34 Å². The molecule has 1 unspecified atom stereocenters. The van der Waals surface area contributed by atoms with Gasteiger partial charge in [0.2, 0.25) is 0 Å². The number of rotatable bonds is 4. The van der Waals surface area contributed by atoms with Crippen LogP contribution in [0.15, 0.2) is 28.0 Å². The van der Waals surface area contributed by atoms with Crippen LogP contribution < -0.4 is 5.32 Å². The number of hydrogen-bond donors (Lipinski definition) is 1. The maximum atomic E-state index is 10.6. The molecule has 2 aromatic rings. The second-order valence-electron chi connectivity index (χ2n) is 3.62. The number of nitrogens with one attached hydrogen (secondary N) is 1. The van der Waals surface area contributed by atoms with Crippen LogP contribution in [0.2, 0.25) is 0 Å². The molecular weight excluding hydrogens is 240 g/mol. The third kappa shape index (κ3) is 2.22. The van der Waals surface area contributed by atoms with Crippen molar-refractivity contribution in [2.45, 2.75) is 13.0 Å². The third-order valence-electron chi connectivity index (χ3n) is 2.53. The molecule has 5 nitrogen and oxygen atoms in total. The Balaban J connectivity index is 2.35. The van der Waals surface area contributed by atoms with Crippen LogP contribution in [0, 0.1) is 17.0 Å². The van der Waals surface area contributed by atoms with E-state index in [4.69, 9.17) is 4.42 Å². The van der Waals surface area contributed by atoms with Crippen LogP contribution in [0.1, 0.15) is 22.2 Å². The van der Waals surface area contributed by atoms with Crippen molar-refractivity contribution in [1.29, 1.82) is 0 Å². The van der Waals surface area contributed by atoms with E-state index in [0.717, 1.165) is 10.4 Å². The molecule has 2 aromatic heterocycles. The lowest BCUT2D eigenvalue weighted by Crippen LogP contribution is -2.16. The van der Waals surface area contributed by atoms with E-state index in [0.29, 0.717) is 5.76 Å². The zero-order valence-electron chi connectivity index (χ0n) is 9.47. The normalized spacial score (nSPS) is 12.6. The number of aryl methyl sites for hydroxylation is 1. The van der Waals surface area contributed by atoms with Gasteiger partial charge in [-0.1, -0.05) is 0 Å². The maximum absolute atomic E-state index is 10.6. The molecule has 0 fully saturated rings. The van der Waals surface area contributed by atoms with Crippen molar-refractivity contribution in [1.82, 2.24) is 5.32 Å². The largest absolute Gasteiger partial charge is 0.433 e. The van der Waals surface area contributed by atoms with Crippen molar-refractivity contribution in [3.8, 4) is 0 Å². The molecule has 0 aliphatic carbocycles. The van der Waals surface area contributed by atoms with Gasteiger partial charge < -0.3 is 9.73 Å². The molecule has 1 N–H and O–H groups in total. The van der Waals surface area contributed by atoms with Gasteiger partial charge in [-0.15, -0.1) is 11.3 Å². The Morgan fingerprint density at radius 2 is 2.24 bits per heavy atom. The highest BCUT2D eigenvalue weighted by Gasteiger charge is 2.22. The smallest absolute Gasteiger partial charge is 0.404 e. The maximum Gasteiger partial charge on any atom is 0.433 e. The summed E-state index contributed by atoms with van der Waals surface area (Å²) < 4.78 is 5.22. The van der Waals surface area contributed by atoms with E-state index in [1.165, 1.54) is 6.07 Å². The fourth-order valence-corrected chi connectivity index (χ4v) is 2.72. The molecule has 0 radical (unpaired) electrons. The summed E-state index contributed by atoms with van der Waals surface area (Å²) in [7, 11) is 1.80. The number of furan rings is 1. The minimum Gasteiger partial charge on any atom is -0.404 e. The van der Waals surface area contributed by atoms with Gasteiger partial charge in [0.05, 0.1) is 6.07 Å². The summed E-state index contributed by atoms with van der Waals surface area (Å²) in [5, 5.41) is 15.7. The number of nitrogens with zero attached hydrogens (tertiary/aromatic N) is 1. The third-order valence-corrected chi connectivity index (χ3v) is 3.61. The van der Waals surface area contributed by atoms with Gasteiger partial charge in [0.15, 0.2) is 0 Å². The van der Waals surface area contributed by atoms with Crippen LogP contribution in [-0.2, 0) is 0 Å². The van der Waals surface area contributed by atoms with Gasteiger partial charge in [-0.3, -0.25) is 10.1 Å². The number of nitro groups is 1. The van der Waals surface area contributed by atoms with Crippen LogP contribution in [0.3, 0.4) is 0 Å². The van der Waals surface area contributed by atoms with Gasteiger partial charge in [0.1, 0.15) is 16.7 Å². The topological polar surface area (TPSA) is 68.3 Å². The Labute approximate surface area is 102 Å². The first kappa shape index (κ1) is 11.8. The average Bonchev–Trinajstić information content (AvgIpc) is 2.90. The second kappa shape index (κ2) is 4.68. The fraction of sp³-hybridized carbons (Fsp3) is 0.273. The molecule has 1 atom stereocenters. The molecule has 0 spiro atoms. The lowest BCUT2D eigenvalue weighted by Gasteiger charge is -2.12. The summed E-state index contributed by atoms with van der Waals surface area (Å²) >= 11 is 1.60. The minimum absolute atomic E-state index is 0.135. The first-order valence-corrected chi connectivity index (χ1v) is 5.97. The molecule has 90 valence electrons. The standard InChI is InChI=1S/C11H12N2O3S/c1-7-5-6-17-11(7)10(12-2)8-3-4-9(16-8)13(14)15/h3-6,10,12H,1-2H3. The lowest BCUT2D eigenvalue weighted by atomic mass is 10.1. The average molecular weight is 252 g/mol. The summed E-state index contributed by atoms with van der Waals surface area (Å²) in [4.78, 5) is 11.2. The zero-order chi connectivity index (χ0) is 12.4. The molecule has 0 aromatic carbocycles. The van der Waals surface area contributed by atoms with Gasteiger partial charge in [0, 0.05) is 4.88 Å². The SMILES string of the molecule is CNC(c1ccc([N+](=O)[O-])o1)c1sccc1C. The van der Waals surface area contributed by atoms with Gasteiger partial charge in [-0.25, -0.2) is 0 Å². The van der Waals surface area contributed by atoms with Crippen molar-refractivity contribution >= 4 is 17.2 Å². The summed E-state index contributed by atoms with van der Waals surface area (Å²) in [6.45, 7) is 2.01. The van der Waals surface area contributed by atoms with E-state index in [2.05, 4.69) is 5.32 Å². The summed E-state index contributed by atoms with van der Waals surface area (Å²) in [5.41, 5.74) is 1.15. The molecule has 6 heteroatoms. The van der Waals surface area contributed by atoms with E-state index in [-0.39, 0.29) is 11.9 Å². The van der Waals surface area contributed by atoms with Crippen LogP contribution >= 0.6 is 11.3 Å². The van der Waals surface area contributed by atoms with Crippen molar-refractivity contribution in [2.75, 3.05) is 7.05 Å². The molecule has 0 bridgehead atoms. The van der Waals surface area contributed by atoms with Gasteiger partial charge in [0.25, 0.3) is 0 Å². The van der Waals surface area contributed by atoms with Crippen molar-refractivity contribution in [3.63, 3.8) is 0 Å². The van der Waals surface area contributed by atoms with Gasteiger partial charge >= 0.3 is 5.88 Å². The second-order valence-corrected chi connectivity index (χ2v) is 4.57. The van der Waals surface area contributed by atoms with Gasteiger partial charge in [-0.05, 0) is 37.0 Å². The highest BCUT2D eigenvalue weighted by molar-refractivity contribution is 7.10. The molecule has 0 amide bonds. The zero-order valence-corrected chi connectivity index (χ0v) is 10.3. The molecule has 0 aliphatic rings. The summed E-state index contributed by atoms with van der Waals surface area (Å²) in [6.07, 6.45) is 0. The molecule has 17 heavy (non-hydrogen) atoms. The fourth-order valence-electron chi connectivity index (χ4n) is 1.68. The Hall–Kier alpha value is -1.66. The number of thiophene rings is 1. The summed E-state index contributed by atoms with van der Waals surface area (Å²) in [5.74, 6) is 0.333. The molecule has 0 aliphatic heterocycles. The van der Waals surface area contributed by atoms with E-state index < -0.39 is 4.92 Å². The molecule has 0 saturated carbocycles. The Morgan fingerprint density at radius 3 is 2.71 bits per heavy atom. The molecule has 2 rings (SSSR count). The van der Waals surface area contributed by atoms with Crippen LogP contribution in [-0.4, -0.2) is 12.0 Å². The highest BCUT2D eigenvalue weighted by Crippen LogP contribution is 2.31. The molecule has 2 heterocycles. The van der Waals surface area contributed by atoms with Crippen LogP contribution in [0.25, 0.3) is 0 Å². The van der Waals surface area contributed by atoms with E-state index in [1.54, 1.807) is 24.5 Å². The Morgan fingerprint density at radius 1 is 1.47 bits per heavy atom. The van der Waals surface area contributed by atoms with Crippen LogP contribution in [0.4, 0.5) is 5.88 Å². The first-order chi connectivity index (χ1) is 8.13. The van der Waals surface area contributed by atoms with E-state index in [1.807, 2.05) is 18.4 Å². The Bertz CT molecular complexity index is 532. The predicted molar refractivity (Wildman–Crippen MR) is 65.3 cm³/mol. The molecule has 0 saturated heterocycles. The highest BCUT2D eigenvalue weighted by atomic mass is 32.1. The predicted octanol–water partition coefficient (Wildman–Crippen LogP) is 2.87. The van der Waals surface area contributed by atoms with Crippen molar-refractivity contribution in [2.24, 2.45) is 0 Å². The summed E-state index contributed by atoms with van der Waals surface area (Å²) in [6, 6.07) is 4.90. The lowest BCUT2D eigenvalue weighted by molar-refractivity contribution is -0.402. The molecular formula is C11H12N2O3S. The first-order valence-electron chi connectivity index (χ1n) is 5.09. The minimum atomic E-state index is -0.530. The number of hydrogen-bond acceptors (Lipinski definition) is 5. The van der Waals surface area contributed by atoms with E-state index in [9.17, 15) is 10.1 Å². The van der Waals surface area contributed by atoms with Crippen molar-refractivity contribution in [3.05, 3.63) is 49.9 Å². The quantitative estimate of drug-likeness (QED) is 0.671. The Kier molecular flexibility index (Phi) is 3.26. The monoisotopic (exact) mass is 252 g/mol. The van der Waals surface area contributed by atoms with E-state index >= 15 is 0 Å². The van der Waals surface area contributed by atoms with Gasteiger partial charge in [-0.2, -0.15) is 0 Å². The van der Waals surface area contributed by atoms with Crippen LogP contribution in [0.5, 0.6) is 0 Å².